The van der Waals surface area contributed by atoms with Gasteiger partial charge < -0.3 is 23.8 Å². The molecule has 152 valence electrons. The van der Waals surface area contributed by atoms with Crippen LogP contribution in [0, 0.1) is 0 Å². The summed E-state index contributed by atoms with van der Waals surface area (Å²) in [6, 6.07) is 9.91. The molecule has 5 rings (SSSR count). The van der Waals surface area contributed by atoms with Crippen LogP contribution < -0.4 is 0 Å². The number of amides is 1. The van der Waals surface area contributed by atoms with Gasteiger partial charge in [0.1, 0.15) is 24.0 Å². The van der Waals surface area contributed by atoms with Gasteiger partial charge in [0.25, 0.3) is 5.91 Å². The Morgan fingerprint density at radius 3 is 2.90 bits per heavy atom. The largest absolute Gasteiger partial charge is 0.353 e. The maximum atomic E-state index is 12.8. The Hall–Kier alpha value is -2.32. The summed E-state index contributed by atoms with van der Waals surface area (Å²) in [4.78, 5) is 19.1. The number of hydrogen-bond acceptors (Lipinski definition) is 6. The second-order valence-corrected chi connectivity index (χ2v) is 8.07. The molecule has 2 saturated heterocycles. The summed E-state index contributed by atoms with van der Waals surface area (Å²) < 4.78 is 23.2. The van der Waals surface area contributed by atoms with Crippen LogP contribution in [0.4, 0.5) is 0 Å². The molecule has 0 radical (unpaired) electrons. The molecule has 1 aromatic heterocycles. The van der Waals surface area contributed by atoms with Crippen molar-refractivity contribution in [3.8, 4) is 0 Å². The predicted octanol–water partition coefficient (Wildman–Crippen LogP) is 2.64. The number of carbonyl (C=O) groups excluding carboxylic acids is 1. The highest BCUT2D eigenvalue weighted by Gasteiger charge is 2.54. The molecule has 1 amide bonds. The molecule has 0 aliphatic carbocycles. The number of carbonyl (C=O) groups is 1. The van der Waals surface area contributed by atoms with Gasteiger partial charge in [0.2, 0.25) is 0 Å². The van der Waals surface area contributed by atoms with Gasteiger partial charge in [-0.3, -0.25) is 4.79 Å². The van der Waals surface area contributed by atoms with Crippen molar-refractivity contribution < 1.29 is 23.7 Å². The number of methoxy groups -OCH3 is 1. The third kappa shape index (κ3) is 3.24. The van der Waals surface area contributed by atoms with Crippen molar-refractivity contribution in [2.75, 3.05) is 13.7 Å². The summed E-state index contributed by atoms with van der Waals surface area (Å²) in [5.74, 6) is -0.709. The molecule has 29 heavy (non-hydrogen) atoms. The maximum Gasteiger partial charge on any atom is 0.273 e. The first-order valence-corrected chi connectivity index (χ1v) is 9.84. The van der Waals surface area contributed by atoms with Crippen molar-refractivity contribution in [1.29, 1.82) is 0 Å². The van der Waals surface area contributed by atoms with Crippen LogP contribution in [-0.2, 0) is 25.5 Å². The van der Waals surface area contributed by atoms with Crippen LogP contribution in [0.2, 0.25) is 0 Å². The Morgan fingerprint density at radius 2 is 2.07 bits per heavy atom. The first-order chi connectivity index (χ1) is 13.9. The molecule has 1 aromatic carbocycles. The zero-order valence-corrected chi connectivity index (χ0v) is 16.7. The standard InChI is InChI=1S/C22H24N2O5/c1-22(2)28-18-16(27-21(26-3)19(18)29-22)9-6-10-24-12-14-11-13-7-4-5-8-15(13)23-17(14)20(24)25/h4-9,11,16,18-19,21H,10,12H2,1-3H3/b9-6+/t16-,18-,19-,21?/m1/s1. The van der Waals surface area contributed by atoms with Crippen LogP contribution in [0.25, 0.3) is 10.9 Å². The third-order valence-corrected chi connectivity index (χ3v) is 5.58. The highest BCUT2D eigenvalue weighted by molar-refractivity contribution is 5.99. The lowest BCUT2D eigenvalue weighted by atomic mass is 10.1. The molecule has 1 unspecified atom stereocenters. The van der Waals surface area contributed by atoms with E-state index >= 15 is 0 Å². The van der Waals surface area contributed by atoms with Gasteiger partial charge in [-0.05, 0) is 26.0 Å². The van der Waals surface area contributed by atoms with Crippen molar-refractivity contribution in [2.24, 2.45) is 0 Å². The fraction of sp³-hybridized carbons (Fsp3) is 0.455. The second-order valence-electron chi connectivity index (χ2n) is 8.07. The van der Waals surface area contributed by atoms with E-state index in [4.69, 9.17) is 18.9 Å². The molecule has 4 atom stereocenters. The lowest BCUT2D eigenvalue weighted by molar-refractivity contribution is -0.221. The van der Waals surface area contributed by atoms with E-state index in [1.165, 1.54) is 0 Å². The van der Waals surface area contributed by atoms with Crippen molar-refractivity contribution in [3.05, 3.63) is 53.7 Å². The van der Waals surface area contributed by atoms with Crippen LogP contribution in [0.3, 0.4) is 0 Å². The smallest absolute Gasteiger partial charge is 0.273 e. The van der Waals surface area contributed by atoms with Gasteiger partial charge in [-0.2, -0.15) is 0 Å². The van der Waals surface area contributed by atoms with Crippen molar-refractivity contribution >= 4 is 16.8 Å². The zero-order valence-electron chi connectivity index (χ0n) is 16.7. The van der Waals surface area contributed by atoms with Gasteiger partial charge in [-0.15, -0.1) is 0 Å². The molecule has 0 N–H and O–H groups in total. The van der Waals surface area contributed by atoms with E-state index in [9.17, 15) is 4.79 Å². The highest BCUT2D eigenvalue weighted by Crippen LogP contribution is 2.39. The SMILES string of the molecule is COC1O[C@H](/C=C/CN2Cc3cc4ccccc4nc3C2=O)[C@H]2OC(C)(C)O[C@@H]12. The van der Waals surface area contributed by atoms with Gasteiger partial charge >= 0.3 is 0 Å². The Bertz CT molecular complexity index is 988. The average Bonchev–Trinajstić information content (AvgIpc) is 3.29. The fourth-order valence-corrected chi connectivity index (χ4v) is 4.30. The molecular formula is C22H24N2O5. The summed E-state index contributed by atoms with van der Waals surface area (Å²) >= 11 is 0. The number of aromatic nitrogens is 1. The van der Waals surface area contributed by atoms with E-state index in [-0.39, 0.29) is 24.2 Å². The van der Waals surface area contributed by atoms with Gasteiger partial charge in [-0.1, -0.05) is 30.4 Å². The normalized spacial score (nSPS) is 30.4. The van der Waals surface area contributed by atoms with E-state index in [1.54, 1.807) is 12.0 Å². The molecule has 7 heteroatoms. The Labute approximate surface area is 169 Å². The minimum atomic E-state index is -0.664. The predicted molar refractivity (Wildman–Crippen MR) is 105 cm³/mol. The molecule has 0 spiro atoms. The quantitative estimate of drug-likeness (QED) is 0.740. The average molecular weight is 396 g/mol. The van der Waals surface area contributed by atoms with Crippen LogP contribution >= 0.6 is 0 Å². The highest BCUT2D eigenvalue weighted by atomic mass is 16.8. The van der Waals surface area contributed by atoms with Crippen LogP contribution in [-0.4, -0.2) is 59.8 Å². The van der Waals surface area contributed by atoms with Gasteiger partial charge in [0.05, 0.1) is 5.52 Å². The zero-order chi connectivity index (χ0) is 20.2. The van der Waals surface area contributed by atoms with E-state index in [1.807, 2.05) is 50.3 Å². The minimum Gasteiger partial charge on any atom is -0.353 e. The summed E-state index contributed by atoms with van der Waals surface area (Å²) in [5, 5.41) is 1.05. The van der Waals surface area contributed by atoms with Crippen molar-refractivity contribution in [3.63, 3.8) is 0 Å². The van der Waals surface area contributed by atoms with E-state index in [0.29, 0.717) is 18.8 Å². The fourth-order valence-electron chi connectivity index (χ4n) is 4.30. The molecule has 3 aliphatic rings. The summed E-state index contributed by atoms with van der Waals surface area (Å²) in [6.45, 7) is 4.80. The lowest BCUT2D eigenvalue weighted by Gasteiger charge is -2.22. The second kappa shape index (κ2) is 6.88. The number of benzene rings is 1. The van der Waals surface area contributed by atoms with Gasteiger partial charge in [-0.25, -0.2) is 4.98 Å². The van der Waals surface area contributed by atoms with Gasteiger partial charge in [0, 0.05) is 31.1 Å². The molecule has 4 heterocycles. The molecule has 2 aromatic rings. The monoisotopic (exact) mass is 396 g/mol. The molecule has 3 aliphatic heterocycles. The number of fused-ring (bicyclic) bond motifs is 3. The van der Waals surface area contributed by atoms with E-state index in [0.717, 1.165) is 16.5 Å². The first-order valence-electron chi connectivity index (χ1n) is 9.84. The third-order valence-electron chi connectivity index (χ3n) is 5.58. The first kappa shape index (κ1) is 18.7. The maximum absolute atomic E-state index is 12.8. The number of ether oxygens (including phenoxy) is 4. The summed E-state index contributed by atoms with van der Waals surface area (Å²) in [6.07, 6.45) is 2.63. The van der Waals surface area contributed by atoms with Gasteiger partial charge in [0.15, 0.2) is 12.1 Å². The van der Waals surface area contributed by atoms with Crippen molar-refractivity contribution in [1.82, 2.24) is 9.88 Å². The van der Waals surface area contributed by atoms with Crippen LogP contribution in [0.1, 0.15) is 29.9 Å². The Morgan fingerprint density at radius 1 is 1.28 bits per heavy atom. The molecule has 2 fully saturated rings. The summed E-state index contributed by atoms with van der Waals surface area (Å²) in [7, 11) is 1.60. The topological polar surface area (TPSA) is 70.1 Å². The number of hydrogen-bond donors (Lipinski definition) is 0. The van der Waals surface area contributed by atoms with Crippen LogP contribution in [0.5, 0.6) is 0 Å². The number of rotatable bonds is 4. The molecular weight excluding hydrogens is 372 g/mol. The van der Waals surface area contributed by atoms with E-state index in [2.05, 4.69) is 11.1 Å². The molecule has 0 saturated carbocycles. The lowest BCUT2D eigenvalue weighted by Crippen LogP contribution is -2.30. The van der Waals surface area contributed by atoms with Crippen LogP contribution in [0.15, 0.2) is 42.5 Å². The number of para-hydroxylation sites is 1. The summed E-state index contributed by atoms with van der Waals surface area (Å²) in [5.41, 5.74) is 2.35. The number of nitrogens with zero attached hydrogens (tertiary/aromatic N) is 2. The molecule has 0 bridgehead atoms. The molecule has 7 nitrogen and oxygen atoms in total. The minimum absolute atomic E-state index is 0.0445. The number of pyridine rings is 1. The Kier molecular flexibility index (Phi) is 4.43. The van der Waals surface area contributed by atoms with Crippen molar-refractivity contribution in [2.45, 2.75) is 50.8 Å². The Balaban J connectivity index is 1.28. The van der Waals surface area contributed by atoms with E-state index < -0.39 is 12.1 Å².